The molecule has 5 nitrogen and oxygen atoms in total. The number of amides is 1. The molecule has 7 heteroatoms. The number of benzene rings is 2. The van der Waals surface area contributed by atoms with Gasteiger partial charge < -0.3 is 9.64 Å². The second kappa shape index (κ2) is 7.52. The summed E-state index contributed by atoms with van der Waals surface area (Å²) in [6.07, 6.45) is 2.67. The molecule has 0 aliphatic carbocycles. The van der Waals surface area contributed by atoms with Crippen LogP contribution in [0.3, 0.4) is 0 Å². The molecule has 2 saturated heterocycles. The maximum absolute atomic E-state index is 13.3. The van der Waals surface area contributed by atoms with E-state index in [9.17, 15) is 13.2 Å². The maximum atomic E-state index is 13.3. The highest BCUT2D eigenvalue weighted by Gasteiger charge is 2.47. The number of piperidine rings is 1. The predicted molar refractivity (Wildman–Crippen MR) is 110 cm³/mol. The number of carbonyl (C=O) groups excluding carboxylic acids is 1. The molecule has 28 heavy (non-hydrogen) atoms. The summed E-state index contributed by atoms with van der Waals surface area (Å²) in [6, 6.07) is 13.9. The van der Waals surface area contributed by atoms with Crippen molar-refractivity contribution >= 4 is 31.7 Å². The monoisotopic (exact) mass is 463 g/mol. The quantitative estimate of drug-likeness (QED) is 0.685. The molecule has 2 atom stereocenters. The van der Waals surface area contributed by atoms with Gasteiger partial charge in [0, 0.05) is 16.6 Å². The first kappa shape index (κ1) is 19.5. The number of ether oxygens (including phenoxy) is 1. The van der Waals surface area contributed by atoms with Gasteiger partial charge in [0.2, 0.25) is 0 Å². The lowest BCUT2D eigenvalue weighted by Gasteiger charge is -2.39. The highest BCUT2D eigenvalue weighted by molar-refractivity contribution is 9.10. The molecular formula is C21H22BrNO4S. The van der Waals surface area contributed by atoms with Crippen LogP contribution in [0.4, 0.5) is 0 Å². The molecule has 2 aromatic carbocycles. The number of sulfone groups is 1. The highest BCUT2D eigenvalue weighted by atomic mass is 79.9. The zero-order valence-electron chi connectivity index (χ0n) is 15.5. The van der Waals surface area contributed by atoms with Crippen molar-refractivity contribution in [1.82, 2.24) is 4.90 Å². The van der Waals surface area contributed by atoms with E-state index in [1.807, 2.05) is 11.0 Å². The third-order valence-electron chi connectivity index (χ3n) is 5.84. The van der Waals surface area contributed by atoms with Gasteiger partial charge in [-0.15, -0.1) is 0 Å². The van der Waals surface area contributed by atoms with E-state index in [4.69, 9.17) is 4.74 Å². The molecule has 0 radical (unpaired) electrons. The van der Waals surface area contributed by atoms with Gasteiger partial charge in [0.1, 0.15) is 5.75 Å². The van der Waals surface area contributed by atoms with Crippen molar-refractivity contribution in [3.63, 3.8) is 0 Å². The second-order valence-corrected chi connectivity index (χ2v) is 10.5. The molecule has 2 fully saturated rings. The van der Waals surface area contributed by atoms with E-state index in [1.54, 1.807) is 49.6 Å². The Morgan fingerprint density at radius 3 is 2.32 bits per heavy atom. The lowest BCUT2D eigenvalue weighted by atomic mass is 10.0. The molecule has 2 heterocycles. The summed E-state index contributed by atoms with van der Waals surface area (Å²) in [5, 5.41) is -0.440. The van der Waals surface area contributed by atoms with Crippen molar-refractivity contribution in [2.24, 2.45) is 0 Å². The number of hydrogen-bond donors (Lipinski definition) is 0. The van der Waals surface area contributed by atoms with Gasteiger partial charge in [0.15, 0.2) is 9.84 Å². The SMILES string of the molecule is COc1ccc(Br)c(C(=O)N2C3CCC2CC(S(=O)(=O)c2ccccc2)C3)c1. The van der Waals surface area contributed by atoms with Gasteiger partial charge >= 0.3 is 0 Å². The standard InChI is InChI=1S/C21H22BrNO4S/c1-27-16-9-10-20(22)19(13-16)21(24)23-14-7-8-15(23)12-18(11-14)28(25,26)17-5-3-2-4-6-17/h2-6,9-10,13-15,18H,7-8,11-12H2,1H3. The number of nitrogens with zero attached hydrogens (tertiary/aromatic N) is 1. The van der Waals surface area contributed by atoms with Gasteiger partial charge in [-0.2, -0.15) is 0 Å². The number of carbonyl (C=O) groups is 1. The van der Waals surface area contributed by atoms with Crippen LogP contribution in [0, 0.1) is 0 Å². The summed E-state index contributed by atoms with van der Waals surface area (Å²) in [6.45, 7) is 0. The lowest BCUT2D eigenvalue weighted by Crippen LogP contribution is -2.49. The van der Waals surface area contributed by atoms with E-state index in [0.717, 1.165) is 17.3 Å². The molecular weight excluding hydrogens is 442 g/mol. The van der Waals surface area contributed by atoms with Crippen LogP contribution in [-0.2, 0) is 9.84 Å². The largest absolute Gasteiger partial charge is 0.497 e. The van der Waals surface area contributed by atoms with E-state index in [1.165, 1.54) is 0 Å². The van der Waals surface area contributed by atoms with Gasteiger partial charge in [-0.05, 0) is 71.9 Å². The van der Waals surface area contributed by atoms with E-state index in [-0.39, 0.29) is 18.0 Å². The van der Waals surface area contributed by atoms with Gasteiger partial charge in [-0.1, -0.05) is 18.2 Å². The van der Waals surface area contributed by atoms with Gasteiger partial charge in [-0.3, -0.25) is 4.79 Å². The molecule has 4 rings (SSSR count). The first-order chi connectivity index (χ1) is 13.4. The summed E-state index contributed by atoms with van der Waals surface area (Å²) in [5.74, 6) is 0.564. The van der Waals surface area contributed by atoms with Crippen LogP contribution in [0.25, 0.3) is 0 Å². The normalized spacial score (nSPS) is 24.2. The molecule has 0 aromatic heterocycles. The summed E-state index contributed by atoms with van der Waals surface area (Å²) < 4.78 is 32.1. The number of halogens is 1. The van der Waals surface area contributed by atoms with E-state index >= 15 is 0 Å². The van der Waals surface area contributed by atoms with Crippen LogP contribution in [0.1, 0.15) is 36.0 Å². The third-order valence-corrected chi connectivity index (χ3v) is 8.72. The topological polar surface area (TPSA) is 63.7 Å². The number of hydrogen-bond acceptors (Lipinski definition) is 4. The average molecular weight is 464 g/mol. The highest BCUT2D eigenvalue weighted by Crippen LogP contribution is 2.41. The summed E-state index contributed by atoms with van der Waals surface area (Å²) in [5.41, 5.74) is 0.556. The molecule has 0 spiro atoms. The zero-order chi connectivity index (χ0) is 19.9. The van der Waals surface area contributed by atoms with Crippen LogP contribution in [0.15, 0.2) is 57.9 Å². The minimum absolute atomic E-state index is 0.0483. The van der Waals surface area contributed by atoms with E-state index in [2.05, 4.69) is 15.9 Å². The van der Waals surface area contributed by atoms with Crippen LogP contribution in [-0.4, -0.2) is 43.7 Å². The smallest absolute Gasteiger partial charge is 0.255 e. The number of rotatable bonds is 4. The number of methoxy groups -OCH3 is 1. The van der Waals surface area contributed by atoms with Crippen molar-refractivity contribution in [1.29, 1.82) is 0 Å². The van der Waals surface area contributed by atoms with E-state index < -0.39 is 15.1 Å². The van der Waals surface area contributed by atoms with Crippen LogP contribution in [0.2, 0.25) is 0 Å². The summed E-state index contributed by atoms with van der Waals surface area (Å²) >= 11 is 3.46. The molecule has 2 unspecified atom stereocenters. The lowest BCUT2D eigenvalue weighted by molar-refractivity contribution is 0.0597. The molecule has 2 aliphatic heterocycles. The maximum Gasteiger partial charge on any atom is 0.255 e. The van der Waals surface area contributed by atoms with Crippen molar-refractivity contribution in [3.05, 3.63) is 58.6 Å². The Hall–Kier alpha value is -1.86. The Morgan fingerprint density at radius 2 is 1.71 bits per heavy atom. The van der Waals surface area contributed by atoms with Crippen molar-refractivity contribution in [2.45, 2.75) is 47.9 Å². The Morgan fingerprint density at radius 1 is 1.07 bits per heavy atom. The van der Waals surface area contributed by atoms with E-state index in [0.29, 0.717) is 29.1 Å². The minimum atomic E-state index is -3.39. The fourth-order valence-electron chi connectivity index (χ4n) is 4.45. The number of fused-ring (bicyclic) bond motifs is 2. The molecule has 0 N–H and O–H groups in total. The average Bonchev–Trinajstić information content (AvgIpc) is 2.97. The molecule has 2 aromatic rings. The Balaban J connectivity index is 1.59. The van der Waals surface area contributed by atoms with Crippen LogP contribution >= 0.6 is 15.9 Å². The Labute approximate surface area is 173 Å². The Kier molecular flexibility index (Phi) is 5.22. The van der Waals surface area contributed by atoms with Crippen molar-refractivity contribution in [2.75, 3.05) is 7.11 Å². The van der Waals surface area contributed by atoms with Gasteiger partial charge in [0.05, 0.1) is 22.8 Å². The van der Waals surface area contributed by atoms with Gasteiger partial charge in [0.25, 0.3) is 5.91 Å². The molecule has 2 bridgehead atoms. The minimum Gasteiger partial charge on any atom is -0.497 e. The van der Waals surface area contributed by atoms with Crippen molar-refractivity contribution in [3.8, 4) is 5.75 Å². The fourth-order valence-corrected chi connectivity index (χ4v) is 6.74. The fraction of sp³-hybridized carbons (Fsp3) is 0.381. The first-order valence-electron chi connectivity index (χ1n) is 9.37. The van der Waals surface area contributed by atoms with Crippen LogP contribution in [0.5, 0.6) is 5.75 Å². The zero-order valence-corrected chi connectivity index (χ0v) is 17.9. The first-order valence-corrected chi connectivity index (χ1v) is 11.7. The third kappa shape index (κ3) is 3.35. The predicted octanol–water partition coefficient (Wildman–Crippen LogP) is 4.07. The summed E-state index contributed by atoms with van der Waals surface area (Å²) in [7, 11) is -1.82. The molecule has 0 saturated carbocycles. The summed E-state index contributed by atoms with van der Waals surface area (Å²) in [4.78, 5) is 15.5. The van der Waals surface area contributed by atoms with Crippen molar-refractivity contribution < 1.29 is 17.9 Å². The Bertz CT molecular complexity index is 979. The van der Waals surface area contributed by atoms with Crippen LogP contribution < -0.4 is 4.74 Å². The molecule has 2 aliphatic rings. The molecule has 1 amide bonds. The molecule has 148 valence electrons. The van der Waals surface area contributed by atoms with Gasteiger partial charge in [-0.25, -0.2) is 8.42 Å². The second-order valence-electron chi connectivity index (χ2n) is 7.39.